The number of benzene rings is 1. The van der Waals surface area contributed by atoms with Crippen molar-refractivity contribution in [3.63, 3.8) is 0 Å². The van der Waals surface area contributed by atoms with E-state index < -0.39 is 10.0 Å². The van der Waals surface area contributed by atoms with Crippen LogP contribution in [0.5, 0.6) is 0 Å². The number of fused-ring (bicyclic) bond motifs is 1. The van der Waals surface area contributed by atoms with Crippen molar-refractivity contribution >= 4 is 10.0 Å². The van der Waals surface area contributed by atoms with Gasteiger partial charge in [0, 0.05) is 25.8 Å². The molecule has 0 bridgehead atoms. The molecule has 112 valence electrons. The molecular weight excluding hydrogens is 286 g/mol. The molecule has 1 aliphatic rings. The summed E-state index contributed by atoms with van der Waals surface area (Å²) in [6.45, 7) is 5.32. The zero-order valence-electron chi connectivity index (χ0n) is 12.3. The largest absolute Gasteiger partial charge is 0.271 e. The molecule has 2 aromatic rings. The number of rotatable bonds is 3. The number of aromatic nitrogens is 2. The zero-order valence-corrected chi connectivity index (χ0v) is 13.1. The second kappa shape index (κ2) is 5.27. The van der Waals surface area contributed by atoms with Crippen molar-refractivity contribution in [1.29, 1.82) is 0 Å². The molecule has 0 spiro atoms. The Labute approximate surface area is 125 Å². The highest BCUT2D eigenvalue weighted by Crippen LogP contribution is 2.26. The third kappa shape index (κ3) is 2.49. The van der Waals surface area contributed by atoms with Crippen molar-refractivity contribution in [1.82, 2.24) is 14.1 Å². The van der Waals surface area contributed by atoms with Crippen LogP contribution in [0.1, 0.15) is 23.7 Å². The van der Waals surface area contributed by atoms with Crippen molar-refractivity contribution in [3.8, 4) is 0 Å². The van der Waals surface area contributed by atoms with Crippen LogP contribution >= 0.6 is 0 Å². The lowest BCUT2D eigenvalue weighted by Crippen LogP contribution is -2.36. The predicted octanol–water partition coefficient (Wildman–Crippen LogP) is 1.96. The van der Waals surface area contributed by atoms with Gasteiger partial charge in [0.25, 0.3) is 0 Å². The Kier molecular flexibility index (Phi) is 3.59. The van der Waals surface area contributed by atoms with Gasteiger partial charge in [0.05, 0.1) is 5.69 Å². The van der Waals surface area contributed by atoms with E-state index in [9.17, 15) is 8.42 Å². The first-order valence-electron chi connectivity index (χ1n) is 7.13. The van der Waals surface area contributed by atoms with Crippen LogP contribution in [0.15, 0.2) is 35.4 Å². The fourth-order valence-corrected chi connectivity index (χ4v) is 4.32. The summed E-state index contributed by atoms with van der Waals surface area (Å²) >= 11 is 0. The van der Waals surface area contributed by atoms with E-state index in [1.807, 2.05) is 25.1 Å². The van der Waals surface area contributed by atoms with Gasteiger partial charge in [-0.15, -0.1) is 0 Å². The maximum Gasteiger partial charge on any atom is 0.246 e. The summed E-state index contributed by atoms with van der Waals surface area (Å²) in [7, 11) is -3.47. The molecule has 0 aliphatic carbocycles. The van der Waals surface area contributed by atoms with Crippen LogP contribution in [0.2, 0.25) is 0 Å². The normalized spacial score (nSPS) is 15.9. The summed E-state index contributed by atoms with van der Waals surface area (Å²) in [6, 6.07) is 8.02. The molecule has 6 heteroatoms. The molecule has 0 N–H and O–H groups in total. The Bertz CT molecular complexity index is 765. The minimum Gasteiger partial charge on any atom is -0.271 e. The maximum absolute atomic E-state index is 12.8. The molecule has 0 unspecified atom stereocenters. The number of hydrogen-bond donors (Lipinski definition) is 0. The standard InChI is InChI=1S/C15H19N3O2S/c1-3-17-11-15(12(2)16-17)21(19,20)18-9-8-13-6-4-5-7-14(13)10-18/h4-7,11H,3,8-10H2,1-2H3. The highest BCUT2D eigenvalue weighted by Gasteiger charge is 2.30. The summed E-state index contributed by atoms with van der Waals surface area (Å²) < 4.78 is 28.9. The molecule has 0 saturated carbocycles. The average Bonchev–Trinajstić information content (AvgIpc) is 2.88. The Morgan fingerprint density at radius 1 is 1.24 bits per heavy atom. The highest BCUT2D eigenvalue weighted by molar-refractivity contribution is 7.89. The first-order chi connectivity index (χ1) is 10.0. The van der Waals surface area contributed by atoms with Gasteiger partial charge < -0.3 is 0 Å². The van der Waals surface area contributed by atoms with Crippen LogP contribution < -0.4 is 0 Å². The molecule has 0 radical (unpaired) electrons. The van der Waals surface area contributed by atoms with Gasteiger partial charge >= 0.3 is 0 Å². The van der Waals surface area contributed by atoms with Gasteiger partial charge in [0.2, 0.25) is 10.0 Å². The van der Waals surface area contributed by atoms with Crippen LogP contribution in [0.3, 0.4) is 0 Å². The second-order valence-electron chi connectivity index (χ2n) is 5.29. The Morgan fingerprint density at radius 3 is 2.62 bits per heavy atom. The lowest BCUT2D eigenvalue weighted by atomic mass is 10.0. The molecule has 0 saturated heterocycles. The number of nitrogens with zero attached hydrogens (tertiary/aromatic N) is 3. The Balaban J connectivity index is 1.95. The fraction of sp³-hybridized carbons (Fsp3) is 0.400. The molecule has 2 heterocycles. The molecule has 5 nitrogen and oxygen atoms in total. The molecule has 1 aromatic carbocycles. The van der Waals surface area contributed by atoms with Crippen LogP contribution in [-0.4, -0.2) is 29.0 Å². The molecule has 0 atom stereocenters. The average molecular weight is 305 g/mol. The molecule has 1 aliphatic heterocycles. The molecule has 1 aromatic heterocycles. The lowest BCUT2D eigenvalue weighted by Gasteiger charge is -2.27. The van der Waals surface area contributed by atoms with E-state index in [2.05, 4.69) is 11.2 Å². The van der Waals surface area contributed by atoms with Crippen LogP contribution in [0, 0.1) is 6.92 Å². The minimum atomic E-state index is -3.47. The summed E-state index contributed by atoms with van der Waals surface area (Å²) in [5.41, 5.74) is 2.90. The number of hydrogen-bond acceptors (Lipinski definition) is 3. The second-order valence-corrected chi connectivity index (χ2v) is 7.20. The van der Waals surface area contributed by atoms with Crippen LogP contribution in [0.25, 0.3) is 0 Å². The van der Waals surface area contributed by atoms with E-state index in [0.29, 0.717) is 30.2 Å². The van der Waals surface area contributed by atoms with Gasteiger partial charge in [0.1, 0.15) is 4.90 Å². The van der Waals surface area contributed by atoms with Gasteiger partial charge in [-0.2, -0.15) is 9.40 Å². The topological polar surface area (TPSA) is 55.2 Å². The quantitative estimate of drug-likeness (QED) is 0.871. The molecule has 3 rings (SSSR count). The van der Waals surface area contributed by atoms with E-state index in [-0.39, 0.29) is 0 Å². The number of aryl methyl sites for hydroxylation is 2. The van der Waals surface area contributed by atoms with Crippen molar-refractivity contribution in [2.75, 3.05) is 6.54 Å². The first kappa shape index (κ1) is 14.3. The van der Waals surface area contributed by atoms with Crippen LogP contribution in [-0.2, 0) is 29.5 Å². The van der Waals surface area contributed by atoms with Gasteiger partial charge in [-0.25, -0.2) is 8.42 Å². The zero-order chi connectivity index (χ0) is 15.0. The van der Waals surface area contributed by atoms with Gasteiger partial charge in [-0.05, 0) is 31.4 Å². The van der Waals surface area contributed by atoms with Gasteiger partial charge in [-0.3, -0.25) is 4.68 Å². The van der Waals surface area contributed by atoms with E-state index in [1.54, 1.807) is 22.1 Å². The predicted molar refractivity (Wildman–Crippen MR) is 80.4 cm³/mol. The molecule has 0 fully saturated rings. The van der Waals surface area contributed by atoms with E-state index in [4.69, 9.17) is 0 Å². The highest BCUT2D eigenvalue weighted by atomic mass is 32.2. The van der Waals surface area contributed by atoms with Crippen molar-refractivity contribution in [2.45, 2.75) is 38.3 Å². The van der Waals surface area contributed by atoms with Crippen molar-refractivity contribution in [2.24, 2.45) is 0 Å². The van der Waals surface area contributed by atoms with E-state index in [0.717, 1.165) is 12.0 Å². The smallest absolute Gasteiger partial charge is 0.246 e. The van der Waals surface area contributed by atoms with Crippen molar-refractivity contribution in [3.05, 3.63) is 47.3 Å². The van der Waals surface area contributed by atoms with Gasteiger partial charge in [0.15, 0.2) is 0 Å². The minimum absolute atomic E-state index is 0.323. The van der Waals surface area contributed by atoms with E-state index in [1.165, 1.54) is 5.56 Å². The van der Waals surface area contributed by atoms with Gasteiger partial charge in [-0.1, -0.05) is 24.3 Å². The SMILES string of the molecule is CCn1cc(S(=O)(=O)N2CCc3ccccc3C2)c(C)n1. The number of sulfonamides is 1. The van der Waals surface area contributed by atoms with Crippen LogP contribution in [0.4, 0.5) is 0 Å². The lowest BCUT2D eigenvalue weighted by molar-refractivity contribution is 0.391. The van der Waals surface area contributed by atoms with E-state index >= 15 is 0 Å². The molecule has 0 amide bonds. The summed E-state index contributed by atoms with van der Waals surface area (Å²) in [5, 5.41) is 4.25. The Hall–Kier alpha value is -1.66. The van der Waals surface area contributed by atoms with Crippen molar-refractivity contribution < 1.29 is 8.42 Å². The molecular formula is C15H19N3O2S. The summed E-state index contributed by atoms with van der Waals surface area (Å²) in [5.74, 6) is 0. The monoisotopic (exact) mass is 305 g/mol. The summed E-state index contributed by atoms with van der Waals surface area (Å²) in [4.78, 5) is 0.323. The molecule has 21 heavy (non-hydrogen) atoms. The maximum atomic E-state index is 12.8. The fourth-order valence-electron chi connectivity index (χ4n) is 2.73. The summed E-state index contributed by atoms with van der Waals surface area (Å²) in [6.07, 6.45) is 2.39. The third-order valence-corrected chi connectivity index (χ3v) is 5.89. The Morgan fingerprint density at radius 2 is 1.95 bits per heavy atom. The first-order valence-corrected chi connectivity index (χ1v) is 8.57. The third-order valence-electron chi connectivity index (χ3n) is 3.94.